The normalized spacial score (nSPS) is 11.0. The van der Waals surface area contributed by atoms with Crippen LogP contribution in [0.25, 0.3) is 11.0 Å². The second-order valence-corrected chi connectivity index (χ2v) is 4.92. The van der Waals surface area contributed by atoms with E-state index in [-0.39, 0.29) is 16.8 Å². The van der Waals surface area contributed by atoms with Gasteiger partial charge in [0.05, 0.1) is 34.6 Å². The van der Waals surface area contributed by atoms with Gasteiger partial charge in [-0.15, -0.1) is 4.33 Å². The Morgan fingerprint density at radius 3 is 2.81 bits per heavy atom. The van der Waals surface area contributed by atoms with Gasteiger partial charge in [0.15, 0.2) is 0 Å². The Morgan fingerprint density at radius 2 is 2.19 bits per heavy atom. The number of aliphatic carboxylic acids is 1. The minimum Gasteiger partial charge on any atom is -0.481 e. The number of rotatable bonds is 5. The van der Waals surface area contributed by atoms with Crippen molar-refractivity contribution in [2.24, 2.45) is 0 Å². The molecule has 0 bridgehead atoms. The van der Waals surface area contributed by atoms with Crippen LogP contribution in [0.1, 0.15) is 11.1 Å². The van der Waals surface area contributed by atoms with Crippen molar-refractivity contribution >= 4 is 34.7 Å². The average Bonchev–Trinajstić information content (AvgIpc) is 2.41. The van der Waals surface area contributed by atoms with E-state index in [1.165, 1.54) is 6.07 Å². The third-order valence-corrected chi connectivity index (χ3v) is 3.56. The number of nitrogens with two attached hydrogens (primary N) is 1. The zero-order chi connectivity index (χ0) is 15.6. The zero-order valence-electron chi connectivity index (χ0n) is 10.8. The molecule has 2 aromatic rings. The molecule has 4 N–H and O–H groups in total. The summed E-state index contributed by atoms with van der Waals surface area (Å²) in [4.78, 5) is 23.0. The molecular formula is C12H11NO7S. The lowest BCUT2D eigenvalue weighted by Gasteiger charge is -2.09. The Bertz CT molecular complexity index is 755. The predicted molar refractivity (Wildman–Crippen MR) is 73.6 cm³/mol. The molecule has 0 saturated carbocycles. The molecule has 1 aromatic carbocycles. The van der Waals surface area contributed by atoms with Gasteiger partial charge in [-0.3, -0.25) is 4.79 Å². The van der Waals surface area contributed by atoms with Gasteiger partial charge in [-0.05, 0) is 18.6 Å². The van der Waals surface area contributed by atoms with Crippen molar-refractivity contribution in [3.8, 4) is 0 Å². The number of fused-ring (bicyclic) bond motifs is 1. The predicted octanol–water partition coefficient (Wildman–Crippen LogP) is 1.74. The number of benzene rings is 1. The molecule has 1 aromatic heterocycles. The number of nitrogen functional groups attached to an aromatic ring is 1. The van der Waals surface area contributed by atoms with E-state index < -0.39 is 18.0 Å². The highest BCUT2D eigenvalue weighted by molar-refractivity contribution is 7.94. The molecule has 112 valence electrons. The number of anilines is 1. The third kappa shape index (κ3) is 3.16. The summed E-state index contributed by atoms with van der Waals surface area (Å²) in [5.74, 6) is -1.13. The molecule has 1 heterocycles. The summed E-state index contributed by atoms with van der Waals surface area (Å²) in [6.07, 6.45) is -0.437. The van der Waals surface area contributed by atoms with Crippen LogP contribution in [0.4, 0.5) is 5.69 Å². The number of hydrogen-bond donors (Lipinski definition) is 3. The first-order chi connectivity index (χ1) is 9.93. The molecule has 0 radical (unpaired) electrons. The molecule has 0 fully saturated rings. The molecule has 0 aliphatic heterocycles. The molecule has 9 heteroatoms. The lowest BCUT2D eigenvalue weighted by molar-refractivity contribution is -0.432. The Labute approximate surface area is 122 Å². The maximum atomic E-state index is 11.8. The lowest BCUT2D eigenvalue weighted by Crippen LogP contribution is -2.15. The molecule has 0 amide bonds. The lowest BCUT2D eigenvalue weighted by atomic mass is 10.0. The fourth-order valence-electron chi connectivity index (χ4n) is 1.91. The number of carboxylic acids is 1. The van der Waals surface area contributed by atoms with Crippen LogP contribution in [0.3, 0.4) is 0 Å². The van der Waals surface area contributed by atoms with Crippen LogP contribution >= 0.6 is 12.0 Å². The van der Waals surface area contributed by atoms with E-state index in [2.05, 4.69) is 9.37 Å². The second-order valence-electron chi connectivity index (χ2n) is 4.18. The van der Waals surface area contributed by atoms with Crippen LogP contribution in [0.2, 0.25) is 0 Å². The van der Waals surface area contributed by atoms with Crippen molar-refractivity contribution < 1.29 is 28.9 Å². The summed E-state index contributed by atoms with van der Waals surface area (Å²) < 4.78 is 9.40. The Kier molecular flexibility index (Phi) is 4.48. The Hall–Kier alpha value is -2.07. The van der Waals surface area contributed by atoms with Crippen molar-refractivity contribution in [2.75, 3.05) is 5.73 Å². The summed E-state index contributed by atoms with van der Waals surface area (Å²) in [6.45, 7) is 1.62. The monoisotopic (exact) mass is 313 g/mol. The van der Waals surface area contributed by atoms with Gasteiger partial charge in [0.2, 0.25) is 0 Å². The van der Waals surface area contributed by atoms with Gasteiger partial charge in [0.1, 0.15) is 5.58 Å². The van der Waals surface area contributed by atoms with Crippen molar-refractivity contribution in [2.45, 2.75) is 18.2 Å². The van der Waals surface area contributed by atoms with Crippen LogP contribution in [-0.2, 0) is 20.6 Å². The van der Waals surface area contributed by atoms with Crippen LogP contribution in [-0.4, -0.2) is 16.3 Å². The summed E-state index contributed by atoms with van der Waals surface area (Å²) in [6, 6.07) is 2.97. The van der Waals surface area contributed by atoms with Gasteiger partial charge in [-0.25, -0.2) is 10.1 Å². The first-order valence-corrected chi connectivity index (χ1v) is 6.40. The van der Waals surface area contributed by atoms with E-state index in [0.29, 0.717) is 27.9 Å². The summed E-state index contributed by atoms with van der Waals surface area (Å²) in [5.41, 5.74) is 6.07. The standard InChI is InChI=1S/C12H11NO7S/c1-5-6-2-10(21-20-19-17)8(13)4-9(6)18-12(16)7(5)3-11(14)15/h2,4,17H,3,13H2,1H3,(H,14,15). The summed E-state index contributed by atoms with van der Waals surface area (Å²) >= 11 is 0.661. The molecule has 0 unspecified atom stereocenters. The topological polar surface area (TPSA) is 132 Å². The smallest absolute Gasteiger partial charge is 0.340 e. The third-order valence-electron chi connectivity index (χ3n) is 2.90. The van der Waals surface area contributed by atoms with Crippen LogP contribution in [0, 0.1) is 6.92 Å². The second kappa shape index (κ2) is 6.14. The minimum absolute atomic E-state index is 0.0649. The van der Waals surface area contributed by atoms with Crippen molar-refractivity contribution in [1.29, 1.82) is 0 Å². The quantitative estimate of drug-likeness (QED) is 0.248. The Morgan fingerprint density at radius 1 is 1.48 bits per heavy atom. The zero-order valence-corrected chi connectivity index (χ0v) is 11.6. The molecule has 0 saturated heterocycles. The maximum absolute atomic E-state index is 11.8. The first kappa shape index (κ1) is 15.3. The fourth-order valence-corrected chi connectivity index (χ4v) is 2.34. The van der Waals surface area contributed by atoms with E-state index in [4.69, 9.17) is 20.5 Å². The van der Waals surface area contributed by atoms with Gasteiger partial charge in [0.25, 0.3) is 0 Å². The number of carbonyl (C=O) groups is 1. The average molecular weight is 313 g/mol. The first-order valence-electron chi connectivity index (χ1n) is 5.66. The Balaban J connectivity index is 2.63. The maximum Gasteiger partial charge on any atom is 0.340 e. The van der Waals surface area contributed by atoms with E-state index in [1.54, 1.807) is 13.0 Å². The van der Waals surface area contributed by atoms with Crippen LogP contribution in [0.15, 0.2) is 26.2 Å². The highest BCUT2D eigenvalue weighted by atomic mass is 32.2. The van der Waals surface area contributed by atoms with E-state index in [1.807, 2.05) is 0 Å². The molecule has 0 atom stereocenters. The van der Waals surface area contributed by atoms with Crippen molar-refractivity contribution in [3.05, 3.63) is 33.7 Å². The fraction of sp³-hybridized carbons (Fsp3) is 0.167. The highest BCUT2D eigenvalue weighted by Gasteiger charge is 2.16. The van der Waals surface area contributed by atoms with E-state index >= 15 is 0 Å². The van der Waals surface area contributed by atoms with Gasteiger partial charge in [0, 0.05) is 11.5 Å². The molecule has 8 nitrogen and oxygen atoms in total. The van der Waals surface area contributed by atoms with Crippen molar-refractivity contribution in [3.63, 3.8) is 0 Å². The molecule has 2 rings (SSSR count). The number of carboxylic acid groups (broad SMARTS) is 1. The molecule has 21 heavy (non-hydrogen) atoms. The van der Waals surface area contributed by atoms with Gasteiger partial charge in [-0.2, -0.15) is 0 Å². The molecule has 0 spiro atoms. The minimum atomic E-state index is -1.13. The van der Waals surface area contributed by atoms with Gasteiger partial charge >= 0.3 is 11.6 Å². The van der Waals surface area contributed by atoms with Crippen LogP contribution in [0.5, 0.6) is 0 Å². The SMILES string of the molecule is Cc1c(CC(=O)O)c(=O)oc2cc(N)c(SOOO)cc12. The number of hydrogen-bond acceptors (Lipinski definition) is 8. The summed E-state index contributed by atoms with van der Waals surface area (Å²) in [7, 11) is 0. The van der Waals surface area contributed by atoms with Crippen LogP contribution < -0.4 is 11.4 Å². The molecule has 0 aliphatic carbocycles. The largest absolute Gasteiger partial charge is 0.481 e. The highest BCUT2D eigenvalue weighted by Crippen LogP contribution is 2.32. The molecule has 0 aliphatic rings. The molecular weight excluding hydrogens is 302 g/mol. The van der Waals surface area contributed by atoms with Gasteiger partial charge < -0.3 is 15.3 Å². The van der Waals surface area contributed by atoms with Crippen molar-refractivity contribution in [1.82, 2.24) is 0 Å². The van der Waals surface area contributed by atoms with E-state index in [9.17, 15) is 9.59 Å². The van der Waals surface area contributed by atoms with Gasteiger partial charge in [-0.1, -0.05) is 5.04 Å². The number of aryl methyl sites for hydroxylation is 1. The summed E-state index contributed by atoms with van der Waals surface area (Å²) in [5, 5.41) is 21.0. The van der Waals surface area contributed by atoms with E-state index in [0.717, 1.165) is 0 Å².